The van der Waals surface area contributed by atoms with E-state index in [0.717, 1.165) is 28.1 Å². The smallest absolute Gasteiger partial charge is 0.104 e. The first-order valence-electron chi connectivity index (χ1n) is 5.52. The molecule has 16 heavy (non-hydrogen) atoms. The first-order chi connectivity index (χ1) is 7.40. The largest absolute Gasteiger partial charge is 0.466 e. The van der Waals surface area contributed by atoms with Gasteiger partial charge in [-0.15, -0.1) is 0 Å². The van der Waals surface area contributed by atoms with E-state index >= 15 is 0 Å². The van der Waals surface area contributed by atoms with Gasteiger partial charge in [0.05, 0.1) is 0 Å². The monoisotopic (exact) mass is 331 g/mol. The molecular weight excluding hydrogens is 313 g/mol. The summed E-state index contributed by atoms with van der Waals surface area (Å²) in [4.78, 5) is 0. The van der Waals surface area contributed by atoms with E-state index in [1.165, 1.54) is 16.7 Å². The maximum absolute atomic E-state index is 6.34. The second kappa shape index (κ2) is 3.79. The van der Waals surface area contributed by atoms with E-state index in [4.69, 9.17) is 10.5 Å². The van der Waals surface area contributed by atoms with Gasteiger partial charge in [-0.25, -0.2) is 0 Å². The zero-order valence-electron chi connectivity index (χ0n) is 10.3. The molecule has 0 saturated carbocycles. The topological polar surface area (TPSA) is 35.2 Å². The molecular formula is C13H18INO. The van der Waals surface area contributed by atoms with Crippen molar-refractivity contribution >= 4 is 22.6 Å². The van der Waals surface area contributed by atoms with E-state index in [0.29, 0.717) is 0 Å². The highest BCUT2D eigenvalue weighted by Gasteiger charge is 2.40. The molecule has 0 aromatic heterocycles. The molecule has 0 radical (unpaired) electrons. The Hall–Kier alpha value is -0.450. The van der Waals surface area contributed by atoms with Crippen molar-refractivity contribution in [3.63, 3.8) is 0 Å². The minimum absolute atomic E-state index is 0.0989. The highest BCUT2D eigenvalue weighted by atomic mass is 127. The molecule has 2 nitrogen and oxygen atoms in total. The van der Waals surface area contributed by atoms with Crippen LogP contribution in [-0.4, -0.2) is 4.43 Å². The van der Waals surface area contributed by atoms with Gasteiger partial charge in [-0.3, -0.25) is 0 Å². The van der Waals surface area contributed by atoms with Crippen LogP contribution in [0.4, 0.5) is 0 Å². The lowest BCUT2D eigenvalue weighted by atomic mass is 9.89. The van der Waals surface area contributed by atoms with Gasteiger partial charge in [-0.05, 0) is 32.8 Å². The van der Waals surface area contributed by atoms with Gasteiger partial charge >= 0.3 is 0 Å². The molecule has 2 aliphatic rings. The molecule has 0 aromatic carbocycles. The normalized spacial score (nSPS) is 29.8. The standard InChI is InChI=1S/C13H18INO/c1-7-8(2)16-9(3)10-5-13(4,6-14)12(15)11(7)10/h5-6,15H2,1-4H3. The predicted molar refractivity (Wildman–Crippen MR) is 75.0 cm³/mol. The summed E-state index contributed by atoms with van der Waals surface area (Å²) in [6.07, 6.45) is 1.01. The summed E-state index contributed by atoms with van der Waals surface area (Å²) in [6, 6.07) is 0. The molecule has 3 heteroatoms. The highest BCUT2D eigenvalue weighted by Crippen LogP contribution is 2.50. The number of rotatable bonds is 1. The molecule has 0 amide bonds. The molecule has 1 unspecified atom stereocenters. The Morgan fingerprint density at radius 1 is 1.31 bits per heavy atom. The summed E-state index contributed by atoms with van der Waals surface area (Å²) in [5.41, 5.74) is 11.2. The van der Waals surface area contributed by atoms with Crippen LogP contribution >= 0.6 is 22.6 Å². The maximum atomic E-state index is 6.34. The van der Waals surface area contributed by atoms with Gasteiger partial charge in [-0.1, -0.05) is 29.5 Å². The molecule has 2 rings (SSSR count). The van der Waals surface area contributed by atoms with Crippen LogP contribution in [0.3, 0.4) is 0 Å². The van der Waals surface area contributed by atoms with Gasteiger partial charge in [0, 0.05) is 26.7 Å². The highest BCUT2D eigenvalue weighted by molar-refractivity contribution is 14.1. The van der Waals surface area contributed by atoms with E-state index in [9.17, 15) is 0 Å². The third-order valence-electron chi connectivity index (χ3n) is 3.72. The lowest BCUT2D eigenvalue weighted by molar-refractivity contribution is 0.292. The molecule has 1 aliphatic carbocycles. The number of hydrogen-bond donors (Lipinski definition) is 1. The number of nitrogens with two attached hydrogens (primary N) is 1. The summed E-state index contributed by atoms with van der Waals surface area (Å²) >= 11 is 2.42. The molecule has 0 bridgehead atoms. The molecule has 2 N–H and O–H groups in total. The number of ether oxygens (including phenoxy) is 1. The van der Waals surface area contributed by atoms with E-state index < -0.39 is 0 Å². The lowest BCUT2D eigenvalue weighted by Crippen LogP contribution is -2.23. The molecule has 1 atom stereocenters. The van der Waals surface area contributed by atoms with Crippen molar-refractivity contribution in [1.29, 1.82) is 0 Å². The van der Waals surface area contributed by atoms with Crippen molar-refractivity contribution in [3.05, 3.63) is 33.9 Å². The molecule has 0 aromatic rings. The van der Waals surface area contributed by atoms with Crippen molar-refractivity contribution in [3.8, 4) is 0 Å². The van der Waals surface area contributed by atoms with E-state index in [2.05, 4.69) is 36.4 Å². The zero-order valence-corrected chi connectivity index (χ0v) is 12.4. The molecule has 88 valence electrons. The number of fused-ring (bicyclic) bond motifs is 1. The Bertz CT molecular complexity index is 445. The Labute approximate surface area is 111 Å². The van der Waals surface area contributed by atoms with Crippen LogP contribution in [0.15, 0.2) is 33.9 Å². The Balaban J connectivity index is 2.62. The van der Waals surface area contributed by atoms with Crippen LogP contribution in [0.5, 0.6) is 0 Å². The van der Waals surface area contributed by atoms with E-state index in [1.807, 2.05) is 13.8 Å². The second-order valence-corrected chi connectivity index (χ2v) is 5.74. The molecule has 0 spiro atoms. The first-order valence-corrected chi connectivity index (χ1v) is 7.05. The van der Waals surface area contributed by atoms with Crippen LogP contribution in [0.25, 0.3) is 0 Å². The zero-order chi connectivity index (χ0) is 12.1. The molecule has 1 heterocycles. The summed E-state index contributed by atoms with van der Waals surface area (Å²) in [7, 11) is 0. The fraction of sp³-hybridized carbons (Fsp3) is 0.538. The number of hydrogen-bond acceptors (Lipinski definition) is 2. The Morgan fingerprint density at radius 2 is 1.94 bits per heavy atom. The number of alkyl halides is 1. The summed E-state index contributed by atoms with van der Waals surface area (Å²) in [6.45, 7) is 8.39. The molecule has 1 aliphatic heterocycles. The second-order valence-electron chi connectivity index (χ2n) is 4.98. The number of allylic oxidation sites excluding steroid dienone is 6. The van der Waals surface area contributed by atoms with Crippen LogP contribution in [0, 0.1) is 5.41 Å². The third kappa shape index (κ3) is 1.51. The summed E-state index contributed by atoms with van der Waals surface area (Å²) < 4.78 is 6.81. The Kier molecular flexibility index (Phi) is 2.85. The number of halogens is 1. The fourth-order valence-electron chi connectivity index (χ4n) is 2.43. The van der Waals surface area contributed by atoms with Crippen molar-refractivity contribution in [1.82, 2.24) is 0 Å². The van der Waals surface area contributed by atoms with Crippen molar-refractivity contribution in [2.45, 2.75) is 34.1 Å². The van der Waals surface area contributed by atoms with Gasteiger partial charge in [0.25, 0.3) is 0 Å². The summed E-state index contributed by atoms with van der Waals surface area (Å²) in [5.74, 6) is 2.01. The lowest BCUT2D eigenvalue weighted by Gasteiger charge is -2.22. The average Bonchev–Trinajstić information content (AvgIpc) is 2.51. The molecule has 0 fully saturated rings. The summed E-state index contributed by atoms with van der Waals surface area (Å²) in [5, 5.41) is 0. The SMILES string of the molecule is CC1=C(C)C2=C(N)C(C)(CI)CC2=C(C)O1. The van der Waals surface area contributed by atoms with Crippen LogP contribution in [0.1, 0.15) is 34.1 Å². The molecule has 0 saturated heterocycles. The quantitative estimate of drug-likeness (QED) is 0.588. The van der Waals surface area contributed by atoms with Crippen molar-refractivity contribution in [2.24, 2.45) is 11.1 Å². The van der Waals surface area contributed by atoms with Crippen LogP contribution < -0.4 is 5.73 Å². The first kappa shape index (κ1) is 12.0. The Morgan fingerprint density at radius 3 is 2.50 bits per heavy atom. The average molecular weight is 331 g/mol. The van der Waals surface area contributed by atoms with Crippen LogP contribution in [-0.2, 0) is 4.74 Å². The van der Waals surface area contributed by atoms with Gasteiger partial charge < -0.3 is 10.5 Å². The minimum atomic E-state index is 0.0989. The van der Waals surface area contributed by atoms with E-state index in [1.54, 1.807) is 0 Å². The van der Waals surface area contributed by atoms with Gasteiger partial charge in [0.15, 0.2) is 0 Å². The predicted octanol–water partition coefficient (Wildman–Crippen LogP) is 3.64. The fourth-order valence-corrected chi connectivity index (χ4v) is 3.11. The maximum Gasteiger partial charge on any atom is 0.104 e. The van der Waals surface area contributed by atoms with Gasteiger partial charge in [0.2, 0.25) is 0 Å². The van der Waals surface area contributed by atoms with Gasteiger partial charge in [0.1, 0.15) is 11.5 Å². The van der Waals surface area contributed by atoms with Crippen molar-refractivity contribution < 1.29 is 4.74 Å². The minimum Gasteiger partial charge on any atom is -0.466 e. The van der Waals surface area contributed by atoms with Crippen LogP contribution in [0.2, 0.25) is 0 Å². The third-order valence-corrected chi connectivity index (χ3v) is 5.40. The van der Waals surface area contributed by atoms with E-state index in [-0.39, 0.29) is 5.41 Å². The van der Waals surface area contributed by atoms with Crippen molar-refractivity contribution in [2.75, 3.05) is 4.43 Å². The van der Waals surface area contributed by atoms with Gasteiger partial charge in [-0.2, -0.15) is 0 Å².